The van der Waals surface area contributed by atoms with E-state index in [0.29, 0.717) is 29.7 Å². The summed E-state index contributed by atoms with van der Waals surface area (Å²) >= 11 is 0. The van der Waals surface area contributed by atoms with Crippen LogP contribution in [0.1, 0.15) is 30.8 Å². The van der Waals surface area contributed by atoms with Crippen molar-refractivity contribution in [2.75, 3.05) is 17.2 Å². The zero-order valence-electron chi connectivity index (χ0n) is 20.3. The second kappa shape index (κ2) is 10.7. The van der Waals surface area contributed by atoms with E-state index in [4.69, 9.17) is 0 Å². The molecule has 0 bridgehead atoms. The highest BCUT2D eigenvalue weighted by Crippen LogP contribution is 2.31. The van der Waals surface area contributed by atoms with Gasteiger partial charge in [0.1, 0.15) is 0 Å². The lowest BCUT2D eigenvalue weighted by molar-refractivity contribution is -0.137. The molecule has 0 radical (unpaired) electrons. The molecule has 2 aromatic carbocycles. The lowest BCUT2D eigenvalue weighted by atomic mass is 10.1. The van der Waals surface area contributed by atoms with Gasteiger partial charge in [0.05, 0.1) is 28.7 Å². The smallest absolute Gasteiger partial charge is 0.385 e. The Kier molecular flexibility index (Phi) is 7.47. The molecule has 0 atom stereocenters. The molecule has 2 heterocycles. The molecule has 0 saturated heterocycles. The third-order valence-corrected chi connectivity index (χ3v) is 5.40. The van der Waals surface area contributed by atoms with Crippen molar-refractivity contribution in [1.82, 2.24) is 15.0 Å². The maximum absolute atomic E-state index is 12.9. The number of alkyl halides is 3. The largest absolute Gasteiger partial charge is 0.416 e. The standard InChI is InChI=1S/C27H27F3N6/c1-17(2)15-32-21-9-10-24-18(3)34-26(36-25(24)14-21)31-12-11-20-7-8-23(16-33-20)35-22-6-4-5-19(13-22)27(28,29)30/h4-10,12-14,16-17,32,35H,11,15H2,1-3H3. The molecule has 0 aliphatic carbocycles. The first kappa shape index (κ1) is 25.1. The van der Waals surface area contributed by atoms with Crippen LogP contribution in [0.2, 0.25) is 0 Å². The molecule has 36 heavy (non-hydrogen) atoms. The normalized spacial score (nSPS) is 12.0. The van der Waals surface area contributed by atoms with Crippen molar-refractivity contribution in [1.29, 1.82) is 0 Å². The minimum absolute atomic E-state index is 0.340. The number of aromatic nitrogens is 3. The van der Waals surface area contributed by atoms with Crippen LogP contribution in [0.25, 0.3) is 10.9 Å². The molecule has 2 aromatic heterocycles. The highest BCUT2D eigenvalue weighted by atomic mass is 19.4. The Hall–Kier alpha value is -4.01. The lowest BCUT2D eigenvalue weighted by Crippen LogP contribution is -2.07. The number of rotatable bonds is 8. The van der Waals surface area contributed by atoms with E-state index in [0.717, 1.165) is 46.7 Å². The number of aryl methyl sites for hydroxylation is 1. The number of hydrogen-bond donors (Lipinski definition) is 2. The van der Waals surface area contributed by atoms with Gasteiger partial charge >= 0.3 is 6.18 Å². The highest BCUT2D eigenvalue weighted by Gasteiger charge is 2.30. The van der Waals surface area contributed by atoms with Crippen molar-refractivity contribution in [3.05, 3.63) is 77.7 Å². The fraction of sp³-hybridized carbons (Fsp3) is 0.259. The van der Waals surface area contributed by atoms with Crippen LogP contribution >= 0.6 is 0 Å². The van der Waals surface area contributed by atoms with Gasteiger partial charge in [-0.2, -0.15) is 13.2 Å². The molecule has 0 spiro atoms. The van der Waals surface area contributed by atoms with Crippen LogP contribution in [0.4, 0.5) is 36.2 Å². The quantitative estimate of drug-likeness (QED) is 0.256. The second-order valence-corrected chi connectivity index (χ2v) is 8.87. The van der Waals surface area contributed by atoms with Crippen LogP contribution < -0.4 is 10.6 Å². The number of pyridine rings is 1. The number of nitrogens with zero attached hydrogens (tertiary/aromatic N) is 4. The van der Waals surface area contributed by atoms with E-state index in [9.17, 15) is 13.2 Å². The van der Waals surface area contributed by atoms with Crippen molar-refractivity contribution < 1.29 is 13.2 Å². The average Bonchev–Trinajstić information content (AvgIpc) is 2.83. The number of anilines is 3. The molecule has 0 aliphatic heterocycles. The third kappa shape index (κ3) is 6.56. The van der Waals surface area contributed by atoms with E-state index >= 15 is 0 Å². The molecule has 4 aromatic rings. The number of nitrogens with one attached hydrogen (secondary N) is 2. The molecule has 0 fully saturated rings. The topological polar surface area (TPSA) is 75.1 Å². The molecule has 0 aliphatic rings. The minimum atomic E-state index is -4.39. The number of halogens is 3. The molecular formula is C27H27F3N6. The van der Waals surface area contributed by atoms with Crippen molar-refractivity contribution in [2.24, 2.45) is 10.9 Å². The van der Waals surface area contributed by atoms with E-state index in [1.165, 1.54) is 6.07 Å². The van der Waals surface area contributed by atoms with Crippen molar-refractivity contribution in [3.8, 4) is 0 Å². The zero-order valence-corrected chi connectivity index (χ0v) is 20.3. The summed E-state index contributed by atoms with van der Waals surface area (Å²) in [6, 6.07) is 14.6. The Morgan fingerprint density at radius 3 is 2.50 bits per heavy atom. The Morgan fingerprint density at radius 1 is 0.972 bits per heavy atom. The number of aliphatic imine (C=N–C) groups is 1. The van der Waals surface area contributed by atoms with Gasteiger partial charge in [-0.15, -0.1) is 0 Å². The van der Waals surface area contributed by atoms with Gasteiger partial charge in [0.15, 0.2) is 0 Å². The molecule has 0 saturated carbocycles. The van der Waals surface area contributed by atoms with Gasteiger partial charge in [0.25, 0.3) is 0 Å². The fourth-order valence-corrected chi connectivity index (χ4v) is 3.54. The van der Waals surface area contributed by atoms with Crippen molar-refractivity contribution in [2.45, 2.75) is 33.4 Å². The number of hydrogen-bond acceptors (Lipinski definition) is 6. The fourth-order valence-electron chi connectivity index (χ4n) is 3.54. The van der Waals surface area contributed by atoms with Gasteiger partial charge in [0.2, 0.25) is 5.95 Å². The van der Waals surface area contributed by atoms with Gasteiger partial charge in [0, 0.05) is 41.6 Å². The van der Waals surface area contributed by atoms with E-state index in [1.807, 2.05) is 25.1 Å². The lowest BCUT2D eigenvalue weighted by Gasteiger charge is -2.10. The molecular weight excluding hydrogens is 465 g/mol. The van der Waals surface area contributed by atoms with Crippen LogP contribution in [0.3, 0.4) is 0 Å². The molecule has 4 rings (SSSR count). The molecule has 0 amide bonds. The molecule has 0 unspecified atom stereocenters. The predicted molar refractivity (Wildman–Crippen MR) is 138 cm³/mol. The summed E-state index contributed by atoms with van der Waals surface area (Å²) < 4.78 is 38.7. The highest BCUT2D eigenvalue weighted by molar-refractivity contribution is 5.85. The first-order valence-corrected chi connectivity index (χ1v) is 11.6. The van der Waals surface area contributed by atoms with Crippen LogP contribution in [0.15, 0.2) is 65.8 Å². The summed E-state index contributed by atoms with van der Waals surface area (Å²) in [5.41, 5.74) is 3.66. The average molecular weight is 493 g/mol. The van der Waals surface area contributed by atoms with Gasteiger partial charge in [-0.05, 0) is 61.4 Å². The SMILES string of the molecule is Cc1nc(N=CCc2ccc(Nc3cccc(C(F)(F)F)c3)cn2)nc2cc(NCC(C)C)ccc12. The maximum atomic E-state index is 12.9. The van der Waals surface area contributed by atoms with Crippen LogP contribution in [0.5, 0.6) is 0 Å². The Bertz CT molecular complexity index is 1360. The summed E-state index contributed by atoms with van der Waals surface area (Å²) in [4.78, 5) is 17.8. The summed E-state index contributed by atoms with van der Waals surface area (Å²) in [5, 5.41) is 7.33. The number of benzene rings is 2. The Balaban J connectivity index is 1.41. The predicted octanol–water partition coefficient (Wildman–Crippen LogP) is 7.11. The Labute approximate surface area is 207 Å². The van der Waals surface area contributed by atoms with Crippen LogP contribution in [0, 0.1) is 12.8 Å². The summed E-state index contributed by atoms with van der Waals surface area (Å²) in [7, 11) is 0. The van der Waals surface area contributed by atoms with Gasteiger partial charge in [-0.3, -0.25) is 4.98 Å². The first-order valence-electron chi connectivity index (χ1n) is 11.6. The summed E-state index contributed by atoms with van der Waals surface area (Å²) in [5.74, 6) is 0.913. The monoisotopic (exact) mass is 492 g/mol. The summed E-state index contributed by atoms with van der Waals surface area (Å²) in [6.45, 7) is 7.12. The van der Waals surface area contributed by atoms with Gasteiger partial charge in [-0.25, -0.2) is 15.0 Å². The van der Waals surface area contributed by atoms with Gasteiger partial charge in [-0.1, -0.05) is 19.9 Å². The third-order valence-electron chi connectivity index (χ3n) is 5.40. The molecule has 2 N–H and O–H groups in total. The first-order chi connectivity index (χ1) is 17.2. The van der Waals surface area contributed by atoms with Crippen LogP contribution in [-0.2, 0) is 12.6 Å². The zero-order chi connectivity index (χ0) is 25.7. The van der Waals surface area contributed by atoms with Crippen molar-refractivity contribution >= 4 is 40.1 Å². The minimum Gasteiger partial charge on any atom is -0.385 e. The van der Waals surface area contributed by atoms with E-state index in [2.05, 4.69) is 44.4 Å². The number of fused-ring (bicyclic) bond motifs is 1. The van der Waals surface area contributed by atoms with E-state index < -0.39 is 11.7 Å². The molecule has 6 nitrogen and oxygen atoms in total. The summed E-state index contributed by atoms with van der Waals surface area (Å²) in [6.07, 6.45) is -0.658. The van der Waals surface area contributed by atoms with Gasteiger partial charge < -0.3 is 10.6 Å². The second-order valence-electron chi connectivity index (χ2n) is 8.87. The maximum Gasteiger partial charge on any atom is 0.416 e. The molecule has 9 heteroatoms. The Morgan fingerprint density at radius 2 is 1.78 bits per heavy atom. The van der Waals surface area contributed by atoms with E-state index in [-0.39, 0.29) is 0 Å². The molecule has 186 valence electrons. The van der Waals surface area contributed by atoms with Crippen molar-refractivity contribution in [3.63, 3.8) is 0 Å². The van der Waals surface area contributed by atoms with E-state index in [1.54, 1.807) is 30.6 Å². The van der Waals surface area contributed by atoms with Crippen LogP contribution in [-0.4, -0.2) is 27.7 Å².